The molecule has 0 saturated heterocycles. The summed E-state index contributed by atoms with van der Waals surface area (Å²) >= 11 is 0. The Morgan fingerprint density at radius 2 is 1.74 bits per heavy atom. The summed E-state index contributed by atoms with van der Waals surface area (Å²) < 4.78 is 1.75. The Kier molecular flexibility index (Phi) is 7.19. The summed E-state index contributed by atoms with van der Waals surface area (Å²) in [7, 11) is 1.88. The van der Waals surface area contributed by atoms with E-state index in [1.807, 2.05) is 67.8 Å². The first-order chi connectivity index (χ1) is 16.5. The van der Waals surface area contributed by atoms with Crippen molar-refractivity contribution in [1.82, 2.24) is 14.8 Å². The van der Waals surface area contributed by atoms with Gasteiger partial charge in [-0.3, -0.25) is 9.48 Å². The average molecular weight is 449 g/mol. The smallest absolute Gasteiger partial charge is 0.233 e. The Labute approximate surface area is 200 Å². The van der Waals surface area contributed by atoms with E-state index in [0.717, 1.165) is 35.1 Å². The second-order valence-corrected chi connectivity index (χ2v) is 8.53. The summed E-state index contributed by atoms with van der Waals surface area (Å²) in [5.41, 5.74) is 5.04. The minimum atomic E-state index is -0.270. The lowest BCUT2D eigenvalue weighted by Crippen LogP contribution is -2.22. The topological polar surface area (TPSA) is 59.8 Å². The molecule has 1 amide bonds. The molecule has 0 aliphatic carbocycles. The maximum absolute atomic E-state index is 13.3. The molecule has 0 radical (unpaired) electrons. The van der Waals surface area contributed by atoms with Crippen molar-refractivity contribution in [3.8, 4) is 23.5 Å². The quantitative estimate of drug-likeness (QED) is 0.348. The zero-order valence-electron chi connectivity index (χ0n) is 19.5. The molecule has 5 heteroatoms. The number of aromatic nitrogens is 3. The number of pyridine rings is 1. The lowest BCUT2D eigenvalue weighted by atomic mass is 9.87. The molecular weight excluding hydrogens is 420 g/mol. The third kappa shape index (κ3) is 5.60. The number of anilines is 1. The van der Waals surface area contributed by atoms with E-state index < -0.39 is 0 Å². The van der Waals surface area contributed by atoms with E-state index in [4.69, 9.17) is 6.42 Å². The first-order valence-electron chi connectivity index (χ1n) is 11.4. The van der Waals surface area contributed by atoms with Crippen molar-refractivity contribution in [3.63, 3.8) is 0 Å². The van der Waals surface area contributed by atoms with Gasteiger partial charge in [-0.05, 0) is 54.2 Å². The molecule has 2 heterocycles. The maximum atomic E-state index is 13.3. The number of hydrogen-bond donors (Lipinski definition) is 1. The van der Waals surface area contributed by atoms with E-state index in [0.29, 0.717) is 11.7 Å². The highest BCUT2D eigenvalue weighted by atomic mass is 16.1. The van der Waals surface area contributed by atoms with Crippen molar-refractivity contribution in [1.29, 1.82) is 0 Å². The van der Waals surface area contributed by atoms with Gasteiger partial charge in [-0.1, -0.05) is 55.3 Å². The summed E-state index contributed by atoms with van der Waals surface area (Å²) in [6, 6.07) is 21.8. The van der Waals surface area contributed by atoms with Crippen LogP contribution in [-0.4, -0.2) is 20.7 Å². The average Bonchev–Trinajstić information content (AvgIpc) is 3.31. The van der Waals surface area contributed by atoms with Crippen LogP contribution in [-0.2, 0) is 11.8 Å². The van der Waals surface area contributed by atoms with Gasteiger partial charge in [-0.25, -0.2) is 4.98 Å². The number of nitrogens with one attached hydrogen (secondary N) is 1. The van der Waals surface area contributed by atoms with Crippen LogP contribution in [0.15, 0.2) is 85.3 Å². The molecule has 0 saturated carbocycles. The molecule has 170 valence electrons. The van der Waals surface area contributed by atoms with Crippen LogP contribution in [0.3, 0.4) is 0 Å². The van der Waals surface area contributed by atoms with Crippen molar-refractivity contribution in [3.05, 3.63) is 102 Å². The molecule has 0 bridgehead atoms. The fourth-order valence-electron chi connectivity index (χ4n) is 4.05. The number of hydrogen-bond acceptors (Lipinski definition) is 3. The number of benzene rings is 2. The van der Waals surface area contributed by atoms with Crippen molar-refractivity contribution >= 4 is 11.7 Å². The summed E-state index contributed by atoms with van der Waals surface area (Å²) in [5.74, 6) is 3.18. The molecule has 4 rings (SSSR count). The minimum absolute atomic E-state index is 0.0530. The SMILES string of the molecule is C#Cc1ccc([C@H](C)CC[C@@H](C(=O)Nc2ccc(-c3cnn(C)c3)cn2)c2ccccc2)cc1. The molecule has 5 nitrogen and oxygen atoms in total. The third-order valence-electron chi connectivity index (χ3n) is 6.11. The predicted molar refractivity (Wildman–Crippen MR) is 136 cm³/mol. The zero-order chi connectivity index (χ0) is 23.9. The van der Waals surface area contributed by atoms with Gasteiger partial charge >= 0.3 is 0 Å². The zero-order valence-corrected chi connectivity index (χ0v) is 19.5. The molecule has 2 aromatic heterocycles. The van der Waals surface area contributed by atoms with E-state index in [1.54, 1.807) is 17.1 Å². The van der Waals surface area contributed by atoms with E-state index in [1.165, 1.54) is 5.56 Å². The number of carbonyl (C=O) groups is 1. The Balaban J connectivity index is 1.46. The first kappa shape index (κ1) is 23.0. The number of amides is 1. The van der Waals surface area contributed by atoms with Gasteiger partial charge < -0.3 is 5.32 Å². The van der Waals surface area contributed by atoms with Crippen LogP contribution in [0.4, 0.5) is 5.82 Å². The molecule has 0 aliphatic heterocycles. The number of rotatable bonds is 8. The number of nitrogens with zero attached hydrogens (tertiary/aromatic N) is 3. The Bertz CT molecular complexity index is 1270. The van der Waals surface area contributed by atoms with Crippen molar-refractivity contribution < 1.29 is 4.79 Å². The van der Waals surface area contributed by atoms with Gasteiger partial charge in [0.2, 0.25) is 5.91 Å². The second kappa shape index (κ2) is 10.6. The van der Waals surface area contributed by atoms with Crippen LogP contribution in [0.2, 0.25) is 0 Å². The molecule has 0 unspecified atom stereocenters. The number of terminal acetylenes is 1. The summed E-state index contributed by atoms with van der Waals surface area (Å²) in [5, 5.41) is 7.21. The van der Waals surface area contributed by atoms with E-state index in [9.17, 15) is 4.79 Å². The van der Waals surface area contributed by atoms with E-state index in [2.05, 4.69) is 40.4 Å². The van der Waals surface area contributed by atoms with Crippen LogP contribution in [0.5, 0.6) is 0 Å². The van der Waals surface area contributed by atoms with E-state index >= 15 is 0 Å². The van der Waals surface area contributed by atoms with Gasteiger partial charge in [-0.15, -0.1) is 6.42 Å². The fourth-order valence-corrected chi connectivity index (χ4v) is 4.05. The van der Waals surface area contributed by atoms with Crippen LogP contribution in [0.25, 0.3) is 11.1 Å². The van der Waals surface area contributed by atoms with Crippen molar-refractivity contribution in [2.45, 2.75) is 31.6 Å². The predicted octanol–water partition coefficient (Wildman–Crippen LogP) is 5.77. The van der Waals surface area contributed by atoms with Crippen LogP contribution < -0.4 is 5.32 Å². The largest absolute Gasteiger partial charge is 0.310 e. The number of carbonyl (C=O) groups excluding carboxylic acids is 1. The summed E-state index contributed by atoms with van der Waals surface area (Å²) in [6.45, 7) is 2.18. The summed E-state index contributed by atoms with van der Waals surface area (Å²) in [6.07, 6.45) is 12.5. The van der Waals surface area contributed by atoms with Gasteiger partial charge in [0.15, 0.2) is 0 Å². The summed E-state index contributed by atoms with van der Waals surface area (Å²) in [4.78, 5) is 17.8. The molecule has 34 heavy (non-hydrogen) atoms. The number of aryl methyl sites for hydroxylation is 1. The van der Waals surface area contributed by atoms with Gasteiger partial charge in [-0.2, -0.15) is 5.10 Å². The van der Waals surface area contributed by atoms with Gasteiger partial charge in [0.05, 0.1) is 12.1 Å². The molecule has 4 aromatic rings. The normalized spacial score (nSPS) is 12.5. The van der Waals surface area contributed by atoms with Gasteiger partial charge in [0.25, 0.3) is 0 Å². The Morgan fingerprint density at radius 1 is 0.971 bits per heavy atom. The van der Waals surface area contributed by atoms with Crippen molar-refractivity contribution in [2.75, 3.05) is 5.32 Å². The Morgan fingerprint density at radius 3 is 2.35 bits per heavy atom. The third-order valence-corrected chi connectivity index (χ3v) is 6.11. The fraction of sp³-hybridized carbons (Fsp3) is 0.207. The van der Waals surface area contributed by atoms with Gasteiger partial charge in [0.1, 0.15) is 5.82 Å². The molecule has 2 aromatic carbocycles. The van der Waals surface area contributed by atoms with Crippen molar-refractivity contribution in [2.24, 2.45) is 7.05 Å². The Hall–Kier alpha value is -4.17. The second-order valence-electron chi connectivity index (χ2n) is 8.53. The molecular formula is C29H28N4O. The van der Waals surface area contributed by atoms with Crippen LogP contribution >= 0.6 is 0 Å². The highest BCUT2D eigenvalue weighted by Crippen LogP contribution is 2.29. The van der Waals surface area contributed by atoms with Crippen LogP contribution in [0.1, 0.15) is 48.3 Å². The molecule has 0 spiro atoms. The molecule has 2 atom stereocenters. The van der Waals surface area contributed by atoms with E-state index in [-0.39, 0.29) is 11.8 Å². The molecule has 0 fully saturated rings. The highest BCUT2D eigenvalue weighted by molar-refractivity contribution is 5.95. The maximum Gasteiger partial charge on any atom is 0.233 e. The minimum Gasteiger partial charge on any atom is -0.310 e. The molecule has 1 N–H and O–H groups in total. The first-order valence-corrected chi connectivity index (χ1v) is 11.4. The van der Waals surface area contributed by atoms with Gasteiger partial charge in [0, 0.05) is 36.1 Å². The lowest BCUT2D eigenvalue weighted by Gasteiger charge is -2.20. The lowest BCUT2D eigenvalue weighted by molar-refractivity contribution is -0.117. The monoisotopic (exact) mass is 448 g/mol. The van der Waals surface area contributed by atoms with Crippen LogP contribution in [0, 0.1) is 12.3 Å². The standard InChI is InChI=1S/C29H28N4O/c1-4-22-11-13-23(14-12-22)21(2)10-16-27(24-8-6-5-7-9-24)29(34)32-28-17-15-25(18-30-28)26-19-31-33(3)20-26/h1,5-9,11-15,17-21,27H,10,16H2,2-3H3,(H,30,32,34)/t21-,27-/m1/s1. The highest BCUT2D eigenvalue weighted by Gasteiger charge is 2.22. The molecule has 0 aliphatic rings.